The second-order valence-electron chi connectivity index (χ2n) is 6.71. The van der Waals surface area contributed by atoms with Gasteiger partial charge in [0.25, 0.3) is 5.91 Å². The lowest BCUT2D eigenvalue weighted by atomic mass is 9.97. The van der Waals surface area contributed by atoms with Gasteiger partial charge in [0, 0.05) is 19.3 Å². The van der Waals surface area contributed by atoms with E-state index in [1.807, 2.05) is 30.3 Å². The zero-order valence-corrected chi connectivity index (χ0v) is 15.2. The molecule has 1 aliphatic rings. The summed E-state index contributed by atoms with van der Waals surface area (Å²) in [6.07, 6.45) is 10.8. The predicted octanol–water partition coefficient (Wildman–Crippen LogP) is 4.36. The van der Waals surface area contributed by atoms with Crippen LogP contribution in [0.3, 0.4) is 0 Å². The number of hydrogen-bond acceptors (Lipinski definition) is 3. The number of aromatic nitrogens is 1. The lowest BCUT2D eigenvalue weighted by Crippen LogP contribution is -2.25. The largest absolute Gasteiger partial charge is 0.370 e. The second kappa shape index (κ2) is 9.76. The molecule has 3 rings (SSSR count). The number of rotatable bonds is 8. The van der Waals surface area contributed by atoms with Gasteiger partial charge in [0.2, 0.25) is 0 Å². The minimum atomic E-state index is -0.0512. The van der Waals surface area contributed by atoms with Crippen LogP contribution in [-0.2, 0) is 6.42 Å². The van der Waals surface area contributed by atoms with Gasteiger partial charge in [0.05, 0.1) is 5.56 Å². The number of anilines is 1. The monoisotopic (exact) mass is 349 g/mol. The van der Waals surface area contributed by atoms with Crippen LogP contribution in [0.4, 0.5) is 5.82 Å². The molecule has 26 heavy (non-hydrogen) atoms. The number of carbonyl (C=O) groups excluding carboxylic acids is 1. The molecule has 0 atom stereocenters. The summed E-state index contributed by atoms with van der Waals surface area (Å²) in [5.41, 5.74) is 3.38. The summed E-state index contributed by atoms with van der Waals surface area (Å²) in [4.78, 5) is 16.6. The van der Waals surface area contributed by atoms with E-state index < -0.39 is 0 Å². The van der Waals surface area contributed by atoms with Gasteiger partial charge in [-0.2, -0.15) is 0 Å². The lowest BCUT2D eigenvalue weighted by Gasteiger charge is -2.13. The van der Waals surface area contributed by atoms with Crippen LogP contribution in [0.15, 0.2) is 60.3 Å². The number of carbonyl (C=O) groups is 1. The third kappa shape index (κ3) is 5.73. The van der Waals surface area contributed by atoms with Gasteiger partial charge < -0.3 is 10.6 Å². The summed E-state index contributed by atoms with van der Waals surface area (Å²) in [6.45, 7) is 1.51. The maximum Gasteiger partial charge on any atom is 0.252 e. The maximum absolute atomic E-state index is 12.2. The van der Waals surface area contributed by atoms with Crippen molar-refractivity contribution in [3.8, 4) is 0 Å². The molecule has 2 aromatic rings. The van der Waals surface area contributed by atoms with E-state index in [4.69, 9.17) is 0 Å². The highest BCUT2D eigenvalue weighted by atomic mass is 16.1. The van der Waals surface area contributed by atoms with Crippen molar-refractivity contribution in [2.75, 3.05) is 18.4 Å². The summed E-state index contributed by atoms with van der Waals surface area (Å²) in [5.74, 6) is 0.745. The molecule has 136 valence electrons. The van der Waals surface area contributed by atoms with Crippen LogP contribution in [0.5, 0.6) is 0 Å². The quantitative estimate of drug-likeness (QED) is 0.696. The molecule has 1 aromatic carbocycles. The Balaban J connectivity index is 1.40. The van der Waals surface area contributed by atoms with Crippen LogP contribution < -0.4 is 10.6 Å². The molecule has 0 radical (unpaired) electrons. The molecule has 0 saturated carbocycles. The first-order valence-corrected chi connectivity index (χ1v) is 9.51. The Hall–Kier alpha value is -2.62. The van der Waals surface area contributed by atoms with Crippen molar-refractivity contribution in [3.63, 3.8) is 0 Å². The maximum atomic E-state index is 12.2. The minimum Gasteiger partial charge on any atom is -0.370 e. The molecule has 0 saturated heterocycles. The molecule has 0 spiro atoms. The zero-order valence-electron chi connectivity index (χ0n) is 15.2. The normalized spacial score (nSPS) is 13.8. The van der Waals surface area contributed by atoms with Gasteiger partial charge >= 0.3 is 0 Å². The average molecular weight is 349 g/mol. The Kier molecular flexibility index (Phi) is 6.82. The van der Waals surface area contributed by atoms with Crippen LogP contribution in [0.25, 0.3) is 0 Å². The van der Waals surface area contributed by atoms with Crippen molar-refractivity contribution >= 4 is 11.7 Å². The van der Waals surface area contributed by atoms with Gasteiger partial charge in [-0.05, 0) is 56.2 Å². The summed E-state index contributed by atoms with van der Waals surface area (Å²) in [6, 6.07) is 14.0. The average Bonchev–Trinajstić information content (AvgIpc) is 2.70. The van der Waals surface area contributed by atoms with Gasteiger partial charge in [0.15, 0.2) is 0 Å². The van der Waals surface area contributed by atoms with Crippen LogP contribution in [0.1, 0.15) is 48.0 Å². The van der Waals surface area contributed by atoms with E-state index in [2.05, 4.69) is 33.8 Å². The smallest absolute Gasteiger partial charge is 0.252 e. The standard InChI is InChI=1S/C22H27N3O/c26-22(24-16-14-19-9-5-2-6-10-19)20-11-12-21(25-17-20)23-15-13-18-7-3-1-4-8-18/h1,3-4,7-9,11-12,17H,2,5-6,10,13-16H2,(H,23,25)(H,24,26). The molecular weight excluding hydrogens is 322 g/mol. The van der Waals surface area contributed by atoms with E-state index in [-0.39, 0.29) is 5.91 Å². The highest BCUT2D eigenvalue weighted by molar-refractivity contribution is 5.94. The third-order valence-electron chi connectivity index (χ3n) is 4.70. The van der Waals surface area contributed by atoms with Crippen molar-refractivity contribution in [2.45, 2.75) is 38.5 Å². The number of allylic oxidation sites excluding steroid dienone is 1. The summed E-state index contributed by atoms with van der Waals surface area (Å²) in [7, 11) is 0. The summed E-state index contributed by atoms with van der Waals surface area (Å²) in [5, 5.41) is 6.29. The van der Waals surface area contributed by atoms with E-state index in [1.54, 1.807) is 6.20 Å². The minimum absolute atomic E-state index is 0.0512. The molecule has 0 fully saturated rings. The molecular formula is C22H27N3O. The van der Waals surface area contributed by atoms with Crippen molar-refractivity contribution in [1.29, 1.82) is 0 Å². The van der Waals surface area contributed by atoms with Crippen molar-refractivity contribution < 1.29 is 4.79 Å². The Bertz CT molecular complexity index is 723. The number of amides is 1. The Morgan fingerprint density at radius 1 is 1.00 bits per heavy atom. The molecule has 1 aromatic heterocycles. The number of nitrogens with zero attached hydrogens (tertiary/aromatic N) is 1. The molecule has 1 aliphatic carbocycles. The van der Waals surface area contributed by atoms with Gasteiger partial charge in [-0.25, -0.2) is 4.98 Å². The SMILES string of the molecule is O=C(NCCC1=CCCCC1)c1ccc(NCCc2ccccc2)nc1. The van der Waals surface area contributed by atoms with Crippen LogP contribution in [0.2, 0.25) is 0 Å². The predicted molar refractivity (Wildman–Crippen MR) is 106 cm³/mol. The first kappa shape index (κ1) is 18.2. The Morgan fingerprint density at radius 3 is 2.62 bits per heavy atom. The van der Waals surface area contributed by atoms with Crippen molar-refractivity contribution in [2.24, 2.45) is 0 Å². The molecule has 4 nitrogen and oxygen atoms in total. The molecule has 1 heterocycles. The molecule has 4 heteroatoms. The highest BCUT2D eigenvalue weighted by Gasteiger charge is 2.07. The molecule has 2 N–H and O–H groups in total. The first-order chi connectivity index (χ1) is 12.8. The highest BCUT2D eigenvalue weighted by Crippen LogP contribution is 2.19. The fraction of sp³-hybridized carbons (Fsp3) is 0.364. The fourth-order valence-electron chi connectivity index (χ4n) is 3.18. The van der Waals surface area contributed by atoms with Gasteiger partial charge in [-0.1, -0.05) is 42.0 Å². The number of hydrogen-bond donors (Lipinski definition) is 2. The van der Waals surface area contributed by atoms with Crippen molar-refractivity contribution in [1.82, 2.24) is 10.3 Å². The topological polar surface area (TPSA) is 54.0 Å². The Morgan fingerprint density at radius 2 is 1.88 bits per heavy atom. The van der Waals surface area contributed by atoms with E-state index in [9.17, 15) is 4.79 Å². The number of pyridine rings is 1. The molecule has 0 bridgehead atoms. The molecule has 0 aliphatic heterocycles. The van der Waals surface area contributed by atoms with Gasteiger partial charge in [-0.15, -0.1) is 0 Å². The van der Waals surface area contributed by atoms with E-state index in [1.165, 1.54) is 36.8 Å². The number of nitrogens with one attached hydrogen (secondary N) is 2. The van der Waals surface area contributed by atoms with E-state index >= 15 is 0 Å². The van der Waals surface area contributed by atoms with Crippen LogP contribution in [0, 0.1) is 0 Å². The molecule has 1 amide bonds. The van der Waals surface area contributed by atoms with E-state index in [0.717, 1.165) is 25.2 Å². The summed E-state index contributed by atoms with van der Waals surface area (Å²) >= 11 is 0. The third-order valence-corrected chi connectivity index (χ3v) is 4.70. The summed E-state index contributed by atoms with van der Waals surface area (Å²) < 4.78 is 0. The van der Waals surface area contributed by atoms with E-state index in [0.29, 0.717) is 12.1 Å². The van der Waals surface area contributed by atoms with Crippen LogP contribution in [-0.4, -0.2) is 24.0 Å². The zero-order chi connectivity index (χ0) is 18.0. The lowest BCUT2D eigenvalue weighted by molar-refractivity contribution is 0.0953. The Labute approximate surface area is 155 Å². The van der Waals surface area contributed by atoms with Crippen LogP contribution >= 0.6 is 0 Å². The van der Waals surface area contributed by atoms with Gasteiger partial charge in [0.1, 0.15) is 5.82 Å². The fourth-order valence-corrected chi connectivity index (χ4v) is 3.18. The van der Waals surface area contributed by atoms with Crippen molar-refractivity contribution in [3.05, 3.63) is 71.4 Å². The first-order valence-electron chi connectivity index (χ1n) is 9.51. The van der Waals surface area contributed by atoms with Gasteiger partial charge in [-0.3, -0.25) is 4.79 Å². The number of benzene rings is 1. The molecule has 0 unspecified atom stereocenters. The second-order valence-corrected chi connectivity index (χ2v) is 6.71.